The zero-order valence-corrected chi connectivity index (χ0v) is 15.0. The summed E-state index contributed by atoms with van der Waals surface area (Å²) in [6.45, 7) is 4.10. The fraction of sp³-hybridized carbons (Fsp3) is 0.167. The highest BCUT2D eigenvalue weighted by Gasteiger charge is 2.01. The molecule has 0 aliphatic carbocycles. The molecule has 25 heavy (non-hydrogen) atoms. The van der Waals surface area contributed by atoms with E-state index in [2.05, 4.69) is 110 Å². The van der Waals surface area contributed by atoms with Gasteiger partial charge in [0.25, 0.3) is 0 Å². The first kappa shape index (κ1) is 17.2. The van der Waals surface area contributed by atoms with Crippen LogP contribution in [0.5, 0.6) is 0 Å². The van der Waals surface area contributed by atoms with Crippen molar-refractivity contribution < 1.29 is 0 Å². The van der Waals surface area contributed by atoms with E-state index >= 15 is 0 Å². The second-order valence-electron chi connectivity index (χ2n) is 6.51. The second kappa shape index (κ2) is 8.46. The van der Waals surface area contributed by atoms with Crippen molar-refractivity contribution in [2.75, 3.05) is 13.6 Å². The Hall–Kier alpha value is -2.64. The van der Waals surface area contributed by atoms with Crippen LogP contribution in [0.1, 0.15) is 18.1 Å². The predicted molar refractivity (Wildman–Crippen MR) is 108 cm³/mol. The van der Waals surface area contributed by atoms with Gasteiger partial charge in [-0.2, -0.15) is 0 Å². The number of benzene rings is 3. The molecular weight excluding hydrogens is 302 g/mol. The molecule has 0 bridgehead atoms. The molecule has 0 spiro atoms. The third-order valence-electron chi connectivity index (χ3n) is 4.45. The minimum absolute atomic E-state index is 0.946. The molecule has 1 heteroatoms. The van der Waals surface area contributed by atoms with Gasteiger partial charge in [-0.05, 0) is 41.8 Å². The smallest absolute Gasteiger partial charge is 0.0233 e. The van der Waals surface area contributed by atoms with Gasteiger partial charge in [-0.25, -0.2) is 0 Å². The predicted octanol–water partition coefficient (Wildman–Crippen LogP) is 5.89. The standard InChI is InChI=1S/C24H25N/c1-20(17-18-25(2)19-21-9-5-3-6-10-21)22-13-15-24(16-14-22)23-11-7-4-8-12-23/h3-17H,18-19H2,1-2H3/b20-17+. The van der Waals surface area contributed by atoms with E-state index in [9.17, 15) is 0 Å². The Morgan fingerprint density at radius 3 is 1.96 bits per heavy atom. The molecule has 0 fully saturated rings. The van der Waals surface area contributed by atoms with Crippen molar-refractivity contribution in [3.8, 4) is 11.1 Å². The van der Waals surface area contributed by atoms with E-state index in [1.165, 1.54) is 27.8 Å². The number of allylic oxidation sites excluding steroid dienone is 1. The van der Waals surface area contributed by atoms with Crippen molar-refractivity contribution in [3.63, 3.8) is 0 Å². The Morgan fingerprint density at radius 2 is 1.32 bits per heavy atom. The van der Waals surface area contributed by atoms with Gasteiger partial charge in [0.15, 0.2) is 0 Å². The van der Waals surface area contributed by atoms with Crippen LogP contribution < -0.4 is 0 Å². The van der Waals surface area contributed by atoms with Gasteiger partial charge in [0, 0.05) is 13.1 Å². The van der Waals surface area contributed by atoms with Crippen molar-refractivity contribution >= 4 is 5.57 Å². The maximum absolute atomic E-state index is 2.33. The minimum Gasteiger partial charge on any atom is -0.298 e. The summed E-state index contributed by atoms with van der Waals surface area (Å²) >= 11 is 0. The van der Waals surface area contributed by atoms with E-state index in [1.807, 2.05) is 0 Å². The molecular formula is C24H25N. The fourth-order valence-corrected chi connectivity index (χ4v) is 2.93. The Kier molecular flexibility index (Phi) is 5.81. The van der Waals surface area contributed by atoms with Crippen LogP contribution in [0.3, 0.4) is 0 Å². The normalized spacial score (nSPS) is 11.7. The van der Waals surface area contributed by atoms with E-state index < -0.39 is 0 Å². The van der Waals surface area contributed by atoms with E-state index in [1.54, 1.807) is 0 Å². The molecule has 3 rings (SSSR count). The molecule has 3 aromatic carbocycles. The van der Waals surface area contributed by atoms with Crippen LogP contribution in [0.25, 0.3) is 16.7 Å². The van der Waals surface area contributed by atoms with Gasteiger partial charge in [-0.15, -0.1) is 0 Å². The number of rotatable bonds is 6. The molecule has 0 heterocycles. The van der Waals surface area contributed by atoms with Gasteiger partial charge in [0.1, 0.15) is 0 Å². The highest BCUT2D eigenvalue weighted by molar-refractivity contribution is 5.69. The van der Waals surface area contributed by atoms with Gasteiger partial charge >= 0.3 is 0 Å². The largest absolute Gasteiger partial charge is 0.298 e. The highest BCUT2D eigenvalue weighted by atomic mass is 15.1. The molecule has 0 aliphatic rings. The number of hydrogen-bond donors (Lipinski definition) is 0. The van der Waals surface area contributed by atoms with E-state index in [0.29, 0.717) is 0 Å². The number of nitrogens with zero attached hydrogens (tertiary/aromatic N) is 1. The average molecular weight is 327 g/mol. The summed E-state index contributed by atoms with van der Waals surface area (Å²) in [5.41, 5.74) is 6.48. The summed E-state index contributed by atoms with van der Waals surface area (Å²) in [5, 5.41) is 0. The second-order valence-corrected chi connectivity index (χ2v) is 6.51. The lowest BCUT2D eigenvalue weighted by molar-refractivity contribution is 0.363. The Morgan fingerprint density at radius 1 is 0.760 bits per heavy atom. The first-order chi connectivity index (χ1) is 12.2. The van der Waals surface area contributed by atoms with Gasteiger partial charge in [-0.3, -0.25) is 4.90 Å². The molecule has 126 valence electrons. The number of likely N-dealkylation sites (N-methyl/N-ethyl adjacent to an activating group) is 1. The van der Waals surface area contributed by atoms with Gasteiger partial charge < -0.3 is 0 Å². The minimum atomic E-state index is 0.946. The molecule has 0 N–H and O–H groups in total. The molecule has 0 atom stereocenters. The van der Waals surface area contributed by atoms with Crippen LogP contribution in [-0.4, -0.2) is 18.5 Å². The van der Waals surface area contributed by atoms with Crippen molar-refractivity contribution in [2.24, 2.45) is 0 Å². The molecule has 0 aromatic heterocycles. The van der Waals surface area contributed by atoms with E-state index in [-0.39, 0.29) is 0 Å². The van der Waals surface area contributed by atoms with E-state index in [0.717, 1.165) is 13.1 Å². The third kappa shape index (κ3) is 4.91. The average Bonchev–Trinajstić information content (AvgIpc) is 2.68. The quantitative estimate of drug-likeness (QED) is 0.546. The van der Waals surface area contributed by atoms with Crippen molar-refractivity contribution in [1.29, 1.82) is 0 Å². The molecule has 0 radical (unpaired) electrons. The SMILES string of the molecule is C/C(=C\CN(C)Cc1ccccc1)c1ccc(-c2ccccc2)cc1. The van der Waals surface area contributed by atoms with Crippen molar-refractivity contribution in [3.05, 3.63) is 102 Å². The first-order valence-electron chi connectivity index (χ1n) is 8.77. The summed E-state index contributed by atoms with van der Waals surface area (Å²) in [6, 6.07) is 30.0. The highest BCUT2D eigenvalue weighted by Crippen LogP contribution is 2.22. The zero-order chi connectivity index (χ0) is 17.5. The summed E-state index contributed by atoms with van der Waals surface area (Å²) in [4.78, 5) is 2.33. The van der Waals surface area contributed by atoms with Crippen LogP contribution in [0.4, 0.5) is 0 Å². The van der Waals surface area contributed by atoms with Crippen LogP contribution in [0.15, 0.2) is 91.0 Å². The summed E-state index contributed by atoms with van der Waals surface area (Å²) in [6.07, 6.45) is 2.31. The molecule has 0 unspecified atom stereocenters. The molecule has 0 amide bonds. The van der Waals surface area contributed by atoms with Crippen molar-refractivity contribution in [1.82, 2.24) is 4.90 Å². The third-order valence-corrected chi connectivity index (χ3v) is 4.45. The maximum atomic E-state index is 2.33. The Balaban J connectivity index is 1.62. The Bertz CT molecular complexity index is 802. The zero-order valence-electron chi connectivity index (χ0n) is 15.0. The lowest BCUT2D eigenvalue weighted by Crippen LogP contribution is -2.17. The van der Waals surface area contributed by atoms with Crippen LogP contribution in [0.2, 0.25) is 0 Å². The topological polar surface area (TPSA) is 3.24 Å². The lowest BCUT2D eigenvalue weighted by Gasteiger charge is -2.15. The maximum Gasteiger partial charge on any atom is 0.0233 e. The monoisotopic (exact) mass is 327 g/mol. The lowest BCUT2D eigenvalue weighted by atomic mass is 10.0. The summed E-state index contributed by atoms with van der Waals surface area (Å²) in [5.74, 6) is 0. The van der Waals surface area contributed by atoms with Crippen LogP contribution in [-0.2, 0) is 6.54 Å². The van der Waals surface area contributed by atoms with Crippen LogP contribution >= 0.6 is 0 Å². The van der Waals surface area contributed by atoms with E-state index in [4.69, 9.17) is 0 Å². The van der Waals surface area contributed by atoms with Gasteiger partial charge in [0.2, 0.25) is 0 Å². The molecule has 0 aliphatic heterocycles. The molecule has 1 nitrogen and oxygen atoms in total. The fourth-order valence-electron chi connectivity index (χ4n) is 2.93. The Labute approximate surface area is 151 Å². The molecule has 0 saturated heterocycles. The summed E-state index contributed by atoms with van der Waals surface area (Å²) < 4.78 is 0. The first-order valence-corrected chi connectivity index (χ1v) is 8.77. The van der Waals surface area contributed by atoms with Gasteiger partial charge in [0.05, 0.1) is 0 Å². The number of hydrogen-bond acceptors (Lipinski definition) is 1. The van der Waals surface area contributed by atoms with Crippen molar-refractivity contribution in [2.45, 2.75) is 13.5 Å². The molecule has 3 aromatic rings. The molecule has 0 saturated carbocycles. The van der Waals surface area contributed by atoms with Gasteiger partial charge in [-0.1, -0.05) is 91.0 Å². The summed E-state index contributed by atoms with van der Waals surface area (Å²) in [7, 11) is 2.16. The van der Waals surface area contributed by atoms with Crippen LogP contribution in [0, 0.1) is 0 Å².